The highest BCUT2D eigenvalue weighted by molar-refractivity contribution is 6.46. The minimum atomic E-state index is -0.503. The number of carbonyl (C=O) groups excluding carboxylic acids is 3. The molecule has 0 saturated carbocycles. The SMILES string of the molecule is CC(=O)Nc1ccc(C2=C(Nc3ccc(F)cc3)C(=O)N(c3ccc(C)cc3C)C2=O)cc1. The summed E-state index contributed by atoms with van der Waals surface area (Å²) in [7, 11) is 0. The van der Waals surface area contributed by atoms with Gasteiger partial charge in [-0.25, -0.2) is 9.29 Å². The van der Waals surface area contributed by atoms with Gasteiger partial charge < -0.3 is 10.6 Å². The van der Waals surface area contributed by atoms with Crippen LogP contribution in [0.15, 0.2) is 72.4 Å². The molecule has 3 amide bonds. The van der Waals surface area contributed by atoms with E-state index in [1.165, 1.54) is 31.2 Å². The van der Waals surface area contributed by atoms with Gasteiger partial charge in [-0.3, -0.25) is 14.4 Å². The highest BCUT2D eigenvalue weighted by atomic mass is 19.1. The maximum atomic E-state index is 13.5. The van der Waals surface area contributed by atoms with Crippen molar-refractivity contribution in [2.24, 2.45) is 0 Å². The van der Waals surface area contributed by atoms with Gasteiger partial charge in [-0.1, -0.05) is 29.8 Å². The van der Waals surface area contributed by atoms with E-state index >= 15 is 0 Å². The molecule has 33 heavy (non-hydrogen) atoms. The van der Waals surface area contributed by atoms with Gasteiger partial charge in [-0.15, -0.1) is 0 Å². The number of nitrogens with one attached hydrogen (secondary N) is 2. The van der Waals surface area contributed by atoms with E-state index < -0.39 is 17.6 Å². The fraction of sp³-hybridized carbons (Fsp3) is 0.115. The van der Waals surface area contributed by atoms with Crippen molar-refractivity contribution in [1.82, 2.24) is 0 Å². The Labute approximate surface area is 190 Å². The predicted molar refractivity (Wildman–Crippen MR) is 126 cm³/mol. The van der Waals surface area contributed by atoms with Crippen LogP contribution in [0.1, 0.15) is 23.6 Å². The molecule has 7 heteroatoms. The Morgan fingerprint density at radius 2 is 1.48 bits per heavy atom. The van der Waals surface area contributed by atoms with Crippen molar-refractivity contribution in [3.05, 3.63) is 94.9 Å². The molecule has 0 unspecified atom stereocenters. The van der Waals surface area contributed by atoms with Gasteiger partial charge in [0.25, 0.3) is 11.8 Å². The number of aryl methyl sites for hydroxylation is 2. The third-order valence-electron chi connectivity index (χ3n) is 5.28. The molecule has 0 spiro atoms. The van der Waals surface area contributed by atoms with Crippen LogP contribution in [0.4, 0.5) is 21.5 Å². The average molecular weight is 443 g/mol. The molecule has 0 bridgehead atoms. The zero-order valence-electron chi connectivity index (χ0n) is 18.4. The lowest BCUT2D eigenvalue weighted by Crippen LogP contribution is -2.33. The van der Waals surface area contributed by atoms with E-state index in [0.717, 1.165) is 16.0 Å². The topological polar surface area (TPSA) is 78.5 Å². The largest absolute Gasteiger partial charge is 0.350 e. The molecule has 0 aliphatic carbocycles. The first-order chi connectivity index (χ1) is 15.7. The van der Waals surface area contributed by atoms with Crippen LogP contribution in [-0.4, -0.2) is 17.7 Å². The van der Waals surface area contributed by atoms with Gasteiger partial charge in [0.15, 0.2) is 0 Å². The number of imide groups is 1. The Bertz CT molecular complexity index is 1300. The molecule has 1 heterocycles. The van der Waals surface area contributed by atoms with Crippen LogP contribution in [-0.2, 0) is 14.4 Å². The smallest absolute Gasteiger partial charge is 0.282 e. The molecule has 2 N–H and O–H groups in total. The molecule has 0 radical (unpaired) electrons. The molecule has 0 fully saturated rings. The third kappa shape index (κ3) is 4.39. The number of amides is 3. The molecule has 166 valence electrons. The number of halogens is 1. The lowest BCUT2D eigenvalue weighted by molar-refractivity contribution is -0.120. The molecule has 0 aromatic heterocycles. The highest BCUT2D eigenvalue weighted by Gasteiger charge is 2.40. The first-order valence-corrected chi connectivity index (χ1v) is 10.4. The van der Waals surface area contributed by atoms with Crippen molar-refractivity contribution in [3.63, 3.8) is 0 Å². The molecule has 0 saturated heterocycles. The summed E-state index contributed by atoms with van der Waals surface area (Å²) in [4.78, 5) is 39.5. The molecular weight excluding hydrogens is 421 g/mol. The first-order valence-electron chi connectivity index (χ1n) is 10.4. The van der Waals surface area contributed by atoms with Gasteiger partial charge in [0.2, 0.25) is 5.91 Å². The Hall–Kier alpha value is -4.26. The van der Waals surface area contributed by atoms with E-state index in [4.69, 9.17) is 0 Å². The number of rotatable bonds is 5. The summed E-state index contributed by atoms with van der Waals surface area (Å²) in [6.45, 7) is 5.19. The average Bonchev–Trinajstić information content (AvgIpc) is 3.00. The maximum absolute atomic E-state index is 13.5. The van der Waals surface area contributed by atoms with Crippen molar-refractivity contribution in [2.75, 3.05) is 15.5 Å². The van der Waals surface area contributed by atoms with Crippen LogP contribution in [0.2, 0.25) is 0 Å². The second-order valence-corrected chi connectivity index (χ2v) is 7.88. The Kier molecular flexibility index (Phi) is 5.79. The van der Waals surface area contributed by atoms with E-state index in [0.29, 0.717) is 22.6 Å². The quantitative estimate of drug-likeness (QED) is 0.556. The van der Waals surface area contributed by atoms with Crippen molar-refractivity contribution in [1.29, 1.82) is 0 Å². The third-order valence-corrected chi connectivity index (χ3v) is 5.28. The standard InChI is InChI=1S/C26H22FN3O3/c1-15-4-13-22(16(2)14-15)30-25(32)23(18-5-9-20(10-6-18)28-17(3)31)24(26(30)33)29-21-11-7-19(27)8-12-21/h4-14,29H,1-3H3,(H,28,31). The molecule has 4 rings (SSSR count). The van der Waals surface area contributed by atoms with E-state index in [1.54, 1.807) is 30.3 Å². The second-order valence-electron chi connectivity index (χ2n) is 7.88. The molecule has 1 aliphatic rings. The summed E-state index contributed by atoms with van der Waals surface area (Å²) in [6.07, 6.45) is 0. The molecule has 6 nitrogen and oxygen atoms in total. The Morgan fingerprint density at radius 1 is 0.848 bits per heavy atom. The van der Waals surface area contributed by atoms with Gasteiger partial charge in [0.05, 0.1) is 11.3 Å². The minimum absolute atomic E-state index is 0.0962. The van der Waals surface area contributed by atoms with E-state index in [1.807, 2.05) is 26.0 Å². The summed E-state index contributed by atoms with van der Waals surface area (Å²) in [5.41, 5.74) is 4.16. The summed E-state index contributed by atoms with van der Waals surface area (Å²) < 4.78 is 13.4. The molecule has 0 atom stereocenters. The Morgan fingerprint density at radius 3 is 2.09 bits per heavy atom. The van der Waals surface area contributed by atoms with E-state index in [-0.39, 0.29) is 17.2 Å². The zero-order chi connectivity index (χ0) is 23.7. The van der Waals surface area contributed by atoms with Crippen LogP contribution >= 0.6 is 0 Å². The molecule has 3 aromatic rings. The summed E-state index contributed by atoms with van der Waals surface area (Å²) in [5, 5.41) is 5.68. The maximum Gasteiger partial charge on any atom is 0.282 e. The van der Waals surface area contributed by atoms with Crippen molar-refractivity contribution < 1.29 is 18.8 Å². The molecule has 3 aromatic carbocycles. The number of nitrogens with zero attached hydrogens (tertiary/aromatic N) is 1. The fourth-order valence-corrected chi connectivity index (χ4v) is 3.79. The first kappa shape index (κ1) is 22.0. The van der Waals surface area contributed by atoms with Gasteiger partial charge >= 0.3 is 0 Å². The fourth-order valence-electron chi connectivity index (χ4n) is 3.79. The van der Waals surface area contributed by atoms with Crippen LogP contribution < -0.4 is 15.5 Å². The van der Waals surface area contributed by atoms with E-state index in [2.05, 4.69) is 10.6 Å². The van der Waals surface area contributed by atoms with Crippen LogP contribution in [0, 0.1) is 19.7 Å². The monoisotopic (exact) mass is 443 g/mol. The predicted octanol–water partition coefficient (Wildman–Crippen LogP) is 4.80. The van der Waals surface area contributed by atoms with E-state index in [9.17, 15) is 18.8 Å². The zero-order valence-corrected chi connectivity index (χ0v) is 18.4. The summed E-state index contributed by atoms with van der Waals surface area (Å²) in [6, 6.07) is 17.7. The van der Waals surface area contributed by atoms with Crippen LogP contribution in [0.5, 0.6) is 0 Å². The summed E-state index contributed by atoms with van der Waals surface area (Å²) in [5.74, 6) is -1.59. The van der Waals surface area contributed by atoms with Crippen LogP contribution in [0.3, 0.4) is 0 Å². The van der Waals surface area contributed by atoms with Gasteiger partial charge in [0.1, 0.15) is 11.5 Å². The normalized spacial score (nSPS) is 13.5. The number of carbonyl (C=O) groups is 3. The highest BCUT2D eigenvalue weighted by Crippen LogP contribution is 2.35. The van der Waals surface area contributed by atoms with Gasteiger partial charge in [-0.2, -0.15) is 0 Å². The molecule has 1 aliphatic heterocycles. The van der Waals surface area contributed by atoms with Gasteiger partial charge in [0, 0.05) is 18.3 Å². The number of hydrogen-bond donors (Lipinski definition) is 2. The number of benzene rings is 3. The van der Waals surface area contributed by atoms with Crippen molar-refractivity contribution >= 4 is 40.4 Å². The van der Waals surface area contributed by atoms with Gasteiger partial charge in [-0.05, 0) is 67.4 Å². The number of anilines is 3. The summed E-state index contributed by atoms with van der Waals surface area (Å²) >= 11 is 0. The minimum Gasteiger partial charge on any atom is -0.350 e. The van der Waals surface area contributed by atoms with Crippen molar-refractivity contribution in [2.45, 2.75) is 20.8 Å². The van der Waals surface area contributed by atoms with Crippen molar-refractivity contribution in [3.8, 4) is 0 Å². The number of hydrogen-bond acceptors (Lipinski definition) is 4. The molecular formula is C26H22FN3O3. The van der Waals surface area contributed by atoms with Crippen LogP contribution in [0.25, 0.3) is 5.57 Å². The Balaban J connectivity index is 1.80. The lowest BCUT2D eigenvalue weighted by Gasteiger charge is -2.18. The lowest BCUT2D eigenvalue weighted by atomic mass is 10.0. The second kappa shape index (κ2) is 8.70.